The van der Waals surface area contributed by atoms with Crippen molar-refractivity contribution in [1.29, 1.82) is 0 Å². The Hall–Kier alpha value is -0.700. The van der Waals surface area contributed by atoms with Crippen molar-refractivity contribution >= 4 is 44.8 Å². The Balaban J connectivity index is 2.10. The smallest absolute Gasteiger partial charge is 0.0441 e. The molecule has 0 saturated carbocycles. The molecule has 0 aliphatic rings. The van der Waals surface area contributed by atoms with Gasteiger partial charge in [-0.05, 0) is 29.8 Å². The summed E-state index contributed by atoms with van der Waals surface area (Å²) in [5, 5.41) is 4.55. The van der Waals surface area contributed by atoms with Gasteiger partial charge in [-0.1, -0.05) is 57.3 Å². The Morgan fingerprint density at radius 3 is 2.29 bits per heavy atom. The van der Waals surface area contributed by atoms with E-state index in [0.717, 1.165) is 16.7 Å². The molecule has 2 aromatic carbocycles. The van der Waals surface area contributed by atoms with Gasteiger partial charge in [0, 0.05) is 26.8 Å². The largest absolute Gasteiger partial charge is 0.381 e. The molecule has 0 fully saturated rings. The lowest BCUT2D eigenvalue weighted by Gasteiger charge is -2.09. The number of rotatable bonds is 3. The van der Waals surface area contributed by atoms with Gasteiger partial charge in [0.1, 0.15) is 0 Å². The zero-order chi connectivity index (χ0) is 12.3. The summed E-state index contributed by atoms with van der Waals surface area (Å²) in [7, 11) is 0. The molecule has 2 rings (SSSR count). The van der Waals surface area contributed by atoms with Gasteiger partial charge >= 0.3 is 0 Å². The lowest BCUT2D eigenvalue weighted by atomic mass is 10.2. The standard InChI is InChI=1S/C13H10BrCl2N/c14-13-4-2-1-3-9(13)8-17-12-6-10(15)5-11(16)7-12/h1-7,17H,8H2. The van der Waals surface area contributed by atoms with E-state index in [1.807, 2.05) is 30.3 Å². The zero-order valence-corrected chi connectivity index (χ0v) is 12.0. The van der Waals surface area contributed by atoms with Gasteiger partial charge in [-0.2, -0.15) is 0 Å². The molecular weight excluding hydrogens is 321 g/mol. The molecule has 0 aliphatic heterocycles. The molecule has 0 saturated heterocycles. The summed E-state index contributed by atoms with van der Waals surface area (Å²) in [4.78, 5) is 0. The number of hydrogen-bond donors (Lipinski definition) is 1. The van der Waals surface area contributed by atoms with E-state index in [1.54, 1.807) is 6.07 Å². The van der Waals surface area contributed by atoms with Crippen LogP contribution in [0.3, 0.4) is 0 Å². The second-order valence-electron chi connectivity index (χ2n) is 3.60. The molecule has 4 heteroatoms. The Kier molecular flexibility index (Phi) is 4.32. The van der Waals surface area contributed by atoms with Crippen LogP contribution in [0.5, 0.6) is 0 Å². The first-order chi connectivity index (χ1) is 8.15. The van der Waals surface area contributed by atoms with Crippen LogP contribution in [0.25, 0.3) is 0 Å². The van der Waals surface area contributed by atoms with E-state index in [0.29, 0.717) is 10.0 Å². The molecule has 0 amide bonds. The Labute approximate surface area is 119 Å². The molecule has 0 heterocycles. The van der Waals surface area contributed by atoms with Crippen LogP contribution in [0.2, 0.25) is 10.0 Å². The van der Waals surface area contributed by atoms with Gasteiger partial charge in [0.15, 0.2) is 0 Å². The fraction of sp³-hybridized carbons (Fsp3) is 0.0769. The third-order valence-corrected chi connectivity index (χ3v) is 3.51. The molecule has 0 aliphatic carbocycles. The summed E-state index contributed by atoms with van der Waals surface area (Å²) in [6.45, 7) is 0.720. The lowest BCUT2D eigenvalue weighted by Crippen LogP contribution is -1.99. The average molecular weight is 331 g/mol. The van der Waals surface area contributed by atoms with E-state index in [1.165, 1.54) is 5.56 Å². The first kappa shape index (κ1) is 12.7. The molecule has 88 valence electrons. The first-order valence-electron chi connectivity index (χ1n) is 5.08. The molecule has 0 bridgehead atoms. The van der Waals surface area contributed by atoms with Crippen molar-refractivity contribution in [2.45, 2.75) is 6.54 Å². The van der Waals surface area contributed by atoms with Gasteiger partial charge in [0.05, 0.1) is 0 Å². The zero-order valence-electron chi connectivity index (χ0n) is 8.88. The number of halogens is 3. The number of benzene rings is 2. The molecular formula is C13H10BrCl2N. The van der Waals surface area contributed by atoms with Gasteiger partial charge in [-0.15, -0.1) is 0 Å². The second kappa shape index (κ2) is 5.76. The molecule has 0 unspecified atom stereocenters. The fourth-order valence-corrected chi connectivity index (χ4v) is 2.45. The fourth-order valence-electron chi connectivity index (χ4n) is 1.49. The Morgan fingerprint density at radius 1 is 1.00 bits per heavy atom. The number of hydrogen-bond acceptors (Lipinski definition) is 1. The van der Waals surface area contributed by atoms with Crippen LogP contribution in [-0.4, -0.2) is 0 Å². The van der Waals surface area contributed by atoms with E-state index >= 15 is 0 Å². The highest BCUT2D eigenvalue weighted by Crippen LogP contribution is 2.23. The molecule has 0 aromatic heterocycles. The molecule has 1 N–H and O–H groups in total. The third kappa shape index (κ3) is 3.63. The first-order valence-corrected chi connectivity index (χ1v) is 6.63. The minimum Gasteiger partial charge on any atom is -0.381 e. The summed E-state index contributed by atoms with van der Waals surface area (Å²) >= 11 is 15.4. The molecule has 2 aromatic rings. The van der Waals surface area contributed by atoms with Crippen molar-refractivity contribution in [1.82, 2.24) is 0 Å². The summed E-state index contributed by atoms with van der Waals surface area (Å²) in [6.07, 6.45) is 0. The van der Waals surface area contributed by atoms with Gasteiger partial charge < -0.3 is 5.32 Å². The van der Waals surface area contributed by atoms with Crippen LogP contribution in [0, 0.1) is 0 Å². The van der Waals surface area contributed by atoms with Crippen molar-refractivity contribution in [2.24, 2.45) is 0 Å². The van der Waals surface area contributed by atoms with Gasteiger partial charge in [0.2, 0.25) is 0 Å². The summed E-state index contributed by atoms with van der Waals surface area (Å²) in [5.74, 6) is 0. The minimum absolute atomic E-state index is 0.632. The average Bonchev–Trinajstić information content (AvgIpc) is 2.27. The molecule has 1 nitrogen and oxygen atoms in total. The van der Waals surface area contributed by atoms with Crippen LogP contribution in [-0.2, 0) is 6.54 Å². The lowest BCUT2D eigenvalue weighted by molar-refractivity contribution is 1.14. The van der Waals surface area contributed by atoms with Crippen LogP contribution in [0.15, 0.2) is 46.9 Å². The van der Waals surface area contributed by atoms with E-state index < -0.39 is 0 Å². The highest BCUT2D eigenvalue weighted by atomic mass is 79.9. The number of nitrogens with one attached hydrogen (secondary N) is 1. The van der Waals surface area contributed by atoms with E-state index in [9.17, 15) is 0 Å². The van der Waals surface area contributed by atoms with Gasteiger partial charge in [-0.3, -0.25) is 0 Å². The van der Waals surface area contributed by atoms with Crippen LogP contribution < -0.4 is 5.32 Å². The van der Waals surface area contributed by atoms with E-state index in [-0.39, 0.29) is 0 Å². The quantitative estimate of drug-likeness (QED) is 0.797. The predicted octanol–water partition coefficient (Wildman–Crippen LogP) is 5.37. The monoisotopic (exact) mass is 329 g/mol. The molecule has 0 spiro atoms. The second-order valence-corrected chi connectivity index (χ2v) is 5.33. The number of anilines is 1. The van der Waals surface area contributed by atoms with Gasteiger partial charge in [-0.25, -0.2) is 0 Å². The van der Waals surface area contributed by atoms with Crippen molar-refractivity contribution in [3.8, 4) is 0 Å². The normalized spacial score (nSPS) is 10.3. The molecule has 0 radical (unpaired) electrons. The highest BCUT2D eigenvalue weighted by Gasteiger charge is 2.00. The third-order valence-electron chi connectivity index (χ3n) is 2.30. The minimum atomic E-state index is 0.632. The maximum absolute atomic E-state index is 5.93. The maximum Gasteiger partial charge on any atom is 0.0441 e. The van der Waals surface area contributed by atoms with Crippen LogP contribution in [0.4, 0.5) is 5.69 Å². The van der Waals surface area contributed by atoms with Crippen molar-refractivity contribution in [3.05, 3.63) is 62.5 Å². The van der Waals surface area contributed by atoms with Crippen molar-refractivity contribution in [3.63, 3.8) is 0 Å². The van der Waals surface area contributed by atoms with Gasteiger partial charge in [0.25, 0.3) is 0 Å². The summed E-state index contributed by atoms with van der Waals surface area (Å²) < 4.78 is 1.08. The Bertz CT molecular complexity index is 508. The summed E-state index contributed by atoms with van der Waals surface area (Å²) in [6, 6.07) is 13.5. The van der Waals surface area contributed by atoms with E-state index in [2.05, 4.69) is 27.3 Å². The topological polar surface area (TPSA) is 12.0 Å². The Morgan fingerprint density at radius 2 is 1.65 bits per heavy atom. The van der Waals surface area contributed by atoms with E-state index in [4.69, 9.17) is 23.2 Å². The van der Waals surface area contributed by atoms with Crippen molar-refractivity contribution in [2.75, 3.05) is 5.32 Å². The summed E-state index contributed by atoms with van der Waals surface area (Å²) in [5.41, 5.74) is 2.10. The van der Waals surface area contributed by atoms with Crippen LogP contribution in [0.1, 0.15) is 5.56 Å². The highest BCUT2D eigenvalue weighted by molar-refractivity contribution is 9.10. The molecule has 0 atom stereocenters. The SMILES string of the molecule is Clc1cc(Cl)cc(NCc2ccccc2Br)c1. The maximum atomic E-state index is 5.93. The van der Waals surface area contributed by atoms with Crippen LogP contribution >= 0.6 is 39.1 Å². The predicted molar refractivity (Wildman–Crippen MR) is 77.9 cm³/mol. The van der Waals surface area contributed by atoms with Crippen molar-refractivity contribution < 1.29 is 0 Å². The molecule has 17 heavy (non-hydrogen) atoms.